The Balaban J connectivity index is 2.93. The zero-order valence-corrected chi connectivity index (χ0v) is 7.63. The molecule has 0 saturated heterocycles. The molecule has 0 bridgehead atoms. The molecule has 0 aliphatic carbocycles. The van der Waals surface area contributed by atoms with Crippen LogP contribution in [0.5, 0.6) is 5.75 Å². The standard InChI is InChI=1S/C8H7O.Mo/c1-7-3-5-8(9-2)6-4-7;/h3-6H,2H3;. The second-order valence-electron chi connectivity index (χ2n) is 1.83. The Morgan fingerprint density at radius 3 is 2.30 bits per heavy atom. The molecule has 0 aromatic heterocycles. The minimum atomic E-state index is 0.889. The van der Waals surface area contributed by atoms with Crippen LogP contribution in [0.2, 0.25) is 0 Å². The van der Waals surface area contributed by atoms with Crippen LogP contribution in [0.25, 0.3) is 0 Å². The zero-order chi connectivity index (χ0) is 7.40. The van der Waals surface area contributed by atoms with Crippen LogP contribution in [-0.2, 0) is 19.2 Å². The third kappa shape index (κ3) is 1.73. The number of ether oxygens (including phenoxy) is 1. The van der Waals surface area contributed by atoms with E-state index in [-0.39, 0.29) is 0 Å². The van der Waals surface area contributed by atoms with Gasteiger partial charge < -0.3 is 0 Å². The van der Waals surface area contributed by atoms with E-state index in [1.165, 1.54) is 0 Å². The maximum atomic E-state index is 4.99. The van der Waals surface area contributed by atoms with Gasteiger partial charge in [0.1, 0.15) is 0 Å². The third-order valence-electron chi connectivity index (χ3n) is 1.21. The first kappa shape index (κ1) is 7.59. The Bertz CT molecular complexity index is 245. The molecule has 51 valence electrons. The van der Waals surface area contributed by atoms with E-state index in [1.807, 2.05) is 43.4 Å². The fourth-order valence-corrected chi connectivity index (χ4v) is 0.994. The molecule has 1 rings (SSSR count). The van der Waals surface area contributed by atoms with Crippen LogP contribution >= 0.6 is 0 Å². The minimum absolute atomic E-state index is 0.889. The van der Waals surface area contributed by atoms with E-state index in [4.69, 9.17) is 4.74 Å². The van der Waals surface area contributed by atoms with Gasteiger partial charge in [-0.3, -0.25) is 0 Å². The molecule has 0 aliphatic rings. The van der Waals surface area contributed by atoms with Crippen molar-refractivity contribution in [2.24, 2.45) is 0 Å². The van der Waals surface area contributed by atoms with E-state index in [1.54, 1.807) is 7.11 Å². The molecule has 0 unspecified atom stereocenters. The van der Waals surface area contributed by atoms with Crippen LogP contribution < -0.4 is 4.74 Å². The van der Waals surface area contributed by atoms with Crippen molar-refractivity contribution in [3.63, 3.8) is 0 Å². The molecular weight excluding hydrogens is 208 g/mol. The second kappa shape index (κ2) is 3.61. The molecule has 0 N–H and O–H groups in total. The van der Waals surface area contributed by atoms with Gasteiger partial charge in [-0.05, 0) is 0 Å². The fourth-order valence-electron chi connectivity index (χ4n) is 0.659. The monoisotopic (exact) mass is 217 g/mol. The summed E-state index contributed by atoms with van der Waals surface area (Å²) < 4.78 is 8.02. The molecule has 0 amide bonds. The van der Waals surface area contributed by atoms with E-state index in [0.717, 1.165) is 11.3 Å². The Kier molecular flexibility index (Phi) is 2.74. The summed E-state index contributed by atoms with van der Waals surface area (Å²) in [4.78, 5) is 0. The SMILES string of the molecule is COc1ccc([C]#[Mo])cc1. The molecule has 10 heavy (non-hydrogen) atoms. The van der Waals surface area contributed by atoms with Gasteiger partial charge in [-0.2, -0.15) is 0 Å². The van der Waals surface area contributed by atoms with Crippen LogP contribution in [0, 0.1) is 4.20 Å². The molecule has 0 spiro atoms. The van der Waals surface area contributed by atoms with Gasteiger partial charge in [0.25, 0.3) is 0 Å². The summed E-state index contributed by atoms with van der Waals surface area (Å²) in [5.41, 5.74) is 1.10. The summed E-state index contributed by atoms with van der Waals surface area (Å²) in [6.45, 7) is 0. The quantitative estimate of drug-likeness (QED) is 0.646. The van der Waals surface area contributed by atoms with Crippen molar-refractivity contribution in [1.82, 2.24) is 0 Å². The van der Waals surface area contributed by atoms with Crippen molar-refractivity contribution in [2.75, 3.05) is 7.11 Å². The Labute approximate surface area is 71.0 Å². The maximum absolute atomic E-state index is 4.99. The topological polar surface area (TPSA) is 9.23 Å². The van der Waals surface area contributed by atoms with E-state index in [2.05, 4.69) is 4.20 Å². The number of hydrogen-bond donors (Lipinski definition) is 0. The van der Waals surface area contributed by atoms with Gasteiger partial charge in [-0.1, -0.05) is 0 Å². The van der Waals surface area contributed by atoms with Crippen LogP contribution in [-0.4, -0.2) is 7.11 Å². The van der Waals surface area contributed by atoms with Crippen molar-refractivity contribution in [2.45, 2.75) is 0 Å². The number of rotatable bonds is 1. The summed E-state index contributed by atoms with van der Waals surface area (Å²) in [6.07, 6.45) is 0. The summed E-state index contributed by atoms with van der Waals surface area (Å²) in [6, 6.07) is 7.80. The van der Waals surface area contributed by atoms with Gasteiger partial charge >= 0.3 is 70.8 Å². The molecule has 1 nitrogen and oxygen atoms in total. The van der Waals surface area contributed by atoms with Gasteiger partial charge in [0.05, 0.1) is 0 Å². The fraction of sp³-hybridized carbons (Fsp3) is 0.125. The Morgan fingerprint density at radius 1 is 1.30 bits per heavy atom. The van der Waals surface area contributed by atoms with Crippen LogP contribution in [0.3, 0.4) is 0 Å². The summed E-state index contributed by atoms with van der Waals surface area (Å²) in [7, 11) is 1.66. The number of benzene rings is 1. The van der Waals surface area contributed by atoms with Gasteiger partial charge in [0.15, 0.2) is 0 Å². The Hall–Kier alpha value is -0.512. The zero-order valence-electron chi connectivity index (χ0n) is 5.63. The second-order valence-corrected chi connectivity index (χ2v) is 2.33. The molecule has 2 heteroatoms. The van der Waals surface area contributed by atoms with Crippen molar-refractivity contribution in [3.05, 3.63) is 29.8 Å². The van der Waals surface area contributed by atoms with Crippen molar-refractivity contribution in [3.8, 4) is 9.95 Å². The van der Waals surface area contributed by atoms with Crippen molar-refractivity contribution >= 4 is 0 Å². The summed E-state index contributed by atoms with van der Waals surface area (Å²) in [5, 5.41) is 0. The van der Waals surface area contributed by atoms with Gasteiger partial charge in [-0.25, -0.2) is 0 Å². The van der Waals surface area contributed by atoms with Crippen molar-refractivity contribution in [1.29, 1.82) is 0 Å². The van der Waals surface area contributed by atoms with Crippen LogP contribution in [0.15, 0.2) is 24.3 Å². The van der Waals surface area contributed by atoms with Crippen LogP contribution in [0.1, 0.15) is 5.56 Å². The van der Waals surface area contributed by atoms with E-state index < -0.39 is 0 Å². The first-order valence-electron chi connectivity index (χ1n) is 2.89. The molecule has 0 radical (unpaired) electrons. The molecule has 0 atom stereocenters. The van der Waals surface area contributed by atoms with Gasteiger partial charge in [-0.15, -0.1) is 0 Å². The molecule has 0 heterocycles. The average molecular weight is 215 g/mol. The molecular formula is C8H7MoO. The first-order valence-corrected chi connectivity index (χ1v) is 3.89. The molecule has 1 aromatic rings. The number of hydrogen-bond acceptors (Lipinski definition) is 1. The van der Waals surface area contributed by atoms with E-state index in [0.29, 0.717) is 0 Å². The predicted molar refractivity (Wildman–Crippen MR) is 36.0 cm³/mol. The van der Waals surface area contributed by atoms with Gasteiger partial charge in [0, 0.05) is 0 Å². The first-order chi connectivity index (χ1) is 4.86. The average Bonchev–Trinajstić information content (AvgIpc) is 2.05. The van der Waals surface area contributed by atoms with Crippen LogP contribution in [0.4, 0.5) is 0 Å². The van der Waals surface area contributed by atoms with E-state index in [9.17, 15) is 0 Å². The van der Waals surface area contributed by atoms with E-state index >= 15 is 0 Å². The normalized spacial score (nSPS) is 8.40. The molecule has 0 saturated carbocycles. The molecule has 1 aromatic carbocycles. The summed E-state index contributed by atoms with van der Waals surface area (Å²) in [5.74, 6) is 0.889. The predicted octanol–water partition coefficient (Wildman–Crippen LogP) is 1.55. The number of methoxy groups -OCH3 is 1. The Morgan fingerprint density at radius 2 is 1.90 bits per heavy atom. The van der Waals surface area contributed by atoms with Gasteiger partial charge in [0.2, 0.25) is 0 Å². The molecule has 0 fully saturated rings. The molecule has 0 aliphatic heterocycles. The third-order valence-corrected chi connectivity index (χ3v) is 1.79. The van der Waals surface area contributed by atoms with Crippen molar-refractivity contribution < 1.29 is 23.9 Å². The summed E-state index contributed by atoms with van der Waals surface area (Å²) >= 11 is 1.83.